The summed E-state index contributed by atoms with van der Waals surface area (Å²) < 4.78 is 2.02. The molecule has 2 heterocycles. The molecule has 17 heavy (non-hydrogen) atoms. The summed E-state index contributed by atoms with van der Waals surface area (Å²) in [5.74, 6) is 1.92. The summed E-state index contributed by atoms with van der Waals surface area (Å²) in [6.45, 7) is 5.66. The Morgan fingerprint density at radius 2 is 2.18 bits per heavy atom. The van der Waals surface area contributed by atoms with Crippen molar-refractivity contribution in [1.82, 2.24) is 19.7 Å². The average Bonchev–Trinajstić information content (AvgIpc) is 2.61. The van der Waals surface area contributed by atoms with Gasteiger partial charge in [-0.3, -0.25) is 4.90 Å². The van der Waals surface area contributed by atoms with Crippen molar-refractivity contribution < 1.29 is 5.11 Å². The lowest BCUT2D eigenvalue weighted by Crippen LogP contribution is -2.45. The Balaban J connectivity index is 2.08. The molecule has 1 fully saturated rings. The molecular weight excluding hydrogens is 216 g/mol. The molecule has 0 bridgehead atoms. The molecule has 0 aliphatic carbocycles. The molecule has 1 N–H and O–H groups in total. The second-order valence-corrected chi connectivity index (χ2v) is 5.00. The van der Waals surface area contributed by atoms with Crippen LogP contribution in [0.4, 0.5) is 0 Å². The second kappa shape index (κ2) is 5.14. The Morgan fingerprint density at radius 1 is 1.41 bits per heavy atom. The van der Waals surface area contributed by atoms with Gasteiger partial charge in [-0.1, -0.05) is 6.42 Å². The fourth-order valence-electron chi connectivity index (χ4n) is 2.53. The predicted octanol–water partition coefficient (Wildman–Crippen LogP) is 0.859. The van der Waals surface area contributed by atoms with Crippen LogP contribution < -0.4 is 0 Å². The molecule has 1 aromatic rings. The van der Waals surface area contributed by atoms with Crippen molar-refractivity contribution in [3.8, 4) is 0 Å². The Labute approximate surface area is 102 Å². The molecule has 0 aromatic carbocycles. The SMILES string of the molecule is Cc1nnc(CN2CCCCC2C(C)O)n1C. The molecular formula is C12H22N4O. The zero-order chi connectivity index (χ0) is 12.4. The van der Waals surface area contributed by atoms with Gasteiger partial charge in [-0.15, -0.1) is 10.2 Å². The number of hydrogen-bond acceptors (Lipinski definition) is 4. The lowest BCUT2D eigenvalue weighted by molar-refractivity contribution is 0.0297. The van der Waals surface area contributed by atoms with Crippen molar-refractivity contribution in [1.29, 1.82) is 0 Å². The molecule has 0 radical (unpaired) electrons. The van der Waals surface area contributed by atoms with Crippen molar-refractivity contribution in [3.05, 3.63) is 11.6 Å². The van der Waals surface area contributed by atoms with Crippen LogP contribution in [0.25, 0.3) is 0 Å². The van der Waals surface area contributed by atoms with Crippen LogP contribution in [0.1, 0.15) is 37.8 Å². The highest BCUT2D eigenvalue weighted by molar-refractivity contribution is 4.94. The van der Waals surface area contributed by atoms with Gasteiger partial charge in [0.25, 0.3) is 0 Å². The van der Waals surface area contributed by atoms with Crippen LogP contribution in [0.3, 0.4) is 0 Å². The summed E-state index contributed by atoms with van der Waals surface area (Å²) >= 11 is 0. The minimum atomic E-state index is -0.273. The molecule has 0 amide bonds. The summed E-state index contributed by atoms with van der Waals surface area (Å²) in [5.41, 5.74) is 0. The quantitative estimate of drug-likeness (QED) is 0.848. The number of aryl methyl sites for hydroxylation is 1. The molecule has 0 saturated carbocycles. The topological polar surface area (TPSA) is 54.2 Å². The van der Waals surface area contributed by atoms with E-state index in [0.29, 0.717) is 0 Å². The minimum Gasteiger partial charge on any atom is -0.392 e. The third-order valence-corrected chi connectivity index (χ3v) is 3.75. The van der Waals surface area contributed by atoms with E-state index in [4.69, 9.17) is 0 Å². The zero-order valence-corrected chi connectivity index (χ0v) is 10.9. The van der Waals surface area contributed by atoms with E-state index in [1.54, 1.807) is 0 Å². The Hall–Kier alpha value is -0.940. The van der Waals surface area contributed by atoms with Crippen LogP contribution in [-0.4, -0.2) is 43.5 Å². The summed E-state index contributed by atoms with van der Waals surface area (Å²) in [6, 6.07) is 0.265. The summed E-state index contributed by atoms with van der Waals surface area (Å²) in [7, 11) is 1.99. The largest absolute Gasteiger partial charge is 0.392 e. The Morgan fingerprint density at radius 3 is 2.76 bits per heavy atom. The molecule has 2 rings (SSSR count). The molecule has 5 heteroatoms. The lowest BCUT2D eigenvalue weighted by atomic mass is 9.98. The normalized spacial score (nSPS) is 23.9. The van der Waals surface area contributed by atoms with E-state index >= 15 is 0 Å². The fourth-order valence-corrected chi connectivity index (χ4v) is 2.53. The van der Waals surface area contributed by atoms with Crippen molar-refractivity contribution in [2.45, 2.75) is 51.8 Å². The smallest absolute Gasteiger partial charge is 0.146 e. The maximum Gasteiger partial charge on any atom is 0.146 e. The first-order chi connectivity index (χ1) is 8.09. The van der Waals surface area contributed by atoms with Gasteiger partial charge in [0.15, 0.2) is 0 Å². The van der Waals surface area contributed by atoms with Gasteiger partial charge in [0.2, 0.25) is 0 Å². The number of piperidine rings is 1. The molecule has 1 aliphatic heterocycles. The first-order valence-electron chi connectivity index (χ1n) is 6.36. The molecule has 96 valence electrons. The van der Waals surface area contributed by atoms with Crippen LogP contribution >= 0.6 is 0 Å². The van der Waals surface area contributed by atoms with Gasteiger partial charge in [-0.05, 0) is 33.2 Å². The third kappa shape index (κ3) is 2.66. The van der Waals surface area contributed by atoms with Crippen molar-refractivity contribution >= 4 is 0 Å². The maximum absolute atomic E-state index is 9.82. The van der Waals surface area contributed by atoms with Crippen molar-refractivity contribution in [2.24, 2.45) is 7.05 Å². The first-order valence-corrected chi connectivity index (χ1v) is 6.36. The van der Waals surface area contributed by atoms with Gasteiger partial charge in [0, 0.05) is 13.1 Å². The van der Waals surface area contributed by atoms with Gasteiger partial charge in [-0.2, -0.15) is 0 Å². The summed E-state index contributed by atoms with van der Waals surface area (Å²) in [4.78, 5) is 2.33. The highest BCUT2D eigenvalue weighted by Gasteiger charge is 2.27. The highest BCUT2D eigenvalue weighted by atomic mass is 16.3. The summed E-state index contributed by atoms with van der Waals surface area (Å²) in [5, 5.41) is 18.1. The fraction of sp³-hybridized carbons (Fsp3) is 0.833. The predicted molar refractivity (Wildman–Crippen MR) is 65.5 cm³/mol. The van der Waals surface area contributed by atoms with E-state index in [2.05, 4.69) is 15.1 Å². The molecule has 1 aromatic heterocycles. The van der Waals surface area contributed by atoms with Crippen LogP contribution in [-0.2, 0) is 13.6 Å². The molecule has 5 nitrogen and oxygen atoms in total. The van der Waals surface area contributed by atoms with Gasteiger partial charge >= 0.3 is 0 Å². The highest BCUT2D eigenvalue weighted by Crippen LogP contribution is 2.21. The molecule has 2 unspecified atom stereocenters. The van der Waals surface area contributed by atoms with Crippen molar-refractivity contribution in [2.75, 3.05) is 6.54 Å². The molecule has 1 aliphatic rings. The number of aromatic nitrogens is 3. The van der Waals surface area contributed by atoms with Gasteiger partial charge in [0.05, 0.1) is 12.6 Å². The Bertz CT molecular complexity index is 375. The number of rotatable bonds is 3. The number of aliphatic hydroxyl groups excluding tert-OH is 1. The zero-order valence-electron chi connectivity index (χ0n) is 10.9. The van der Waals surface area contributed by atoms with E-state index in [1.807, 2.05) is 25.5 Å². The monoisotopic (exact) mass is 238 g/mol. The second-order valence-electron chi connectivity index (χ2n) is 5.00. The molecule has 2 atom stereocenters. The molecule has 1 saturated heterocycles. The summed E-state index contributed by atoms with van der Waals surface area (Å²) in [6.07, 6.45) is 3.22. The minimum absolute atomic E-state index is 0.265. The van der Waals surface area contributed by atoms with E-state index in [0.717, 1.165) is 31.2 Å². The van der Waals surface area contributed by atoms with Gasteiger partial charge in [-0.25, -0.2) is 0 Å². The maximum atomic E-state index is 9.82. The van der Waals surface area contributed by atoms with E-state index in [1.165, 1.54) is 12.8 Å². The van der Waals surface area contributed by atoms with Crippen LogP contribution in [0.2, 0.25) is 0 Å². The van der Waals surface area contributed by atoms with Crippen LogP contribution in [0.5, 0.6) is 0 Å². The van der Waals surface area contributed by atoms with Gasteiger partial charge < -0.3 is 9.67 Å². The number of nitrogens with zero attached hydrogens (tertiary/aromatic N) is 4. The average molecular weight is 238 g/mol. The first kappa shape index (κ1) is 12.5. The molecule has 0 spiro atoms. The number of likely N-dealkylation sites (tertiary alicyclic amines) is 1. The van der Waals surface area contributed by atoms with Crippen LogP contribution in [0.15, 0.2) is 0 Å². The van der Waals surface area contributed by atoms with Crippen LogP contribution in [0, 0.1) is 6.92 Å². The van der Waals surface area contributed by atoms with E-state index < -0.39 is 0 Å². The standard InChI is InChI=1S/C12H22N4O/c1-9(17)11-6-4-5-7-16(11)8-12-14-13-10(2)15(12)3/h9,11,17H,4-8H2,1-3H3. The number of hydrogen-bond donors (Lipinski definition) is 1. The van der Waals surface area contributed by atoms with E-state index in [9.17, 15) is 5.11 Å². The Kier molecular flexibility index (Phi) is 3.79. The number of aliphatic hydroxyl groups is 1. The van der Waals surface area contributed by atoms with Gasteiger partial charge in [0.1, 0.15) is 11.6 Å². The third-order valence-electron chi connectivity index (χ3n) is 3.75. The van der Waals surface area contributed by atoms with Crippen molar-refractivity contribution in [3.63, 3.8) is 0 Å². The lowest BCUT2D eigenvalue weighted by Gasteiger charge is -2.36. The van der Waals surface area contributed by atoms with E-state index in [-0.39, 0.29) is 12.1 Å².